The number of aromatic nitrogens is 4. The van der Waals surface area contributed by atoms with Crippen LogP contribution in [-0.4, -0.2) is 30.3 Å². The highest BCUT2D eigenvalue weighted by atomic mass is 32.2. The van der Waals surface area contributed by atoms with Crippen LogP contribution in [0.3, 0.4) is 0 Å². The van der Waals surface area contributed by atoms with Crippen LogP contribution in [0.1, 0.15) is 24.8 Å². The van der Waals surface area contributed by atoms with E-state index in [0.29, 0.717) is 22.9 Å². The van der Waals surface area contributed by atoms with Crippen LogP contribution in [0.2, 0.25) is 0 Å². The van der Waals surface area contributed by atoms with Gasteiger partial charge in [-0.25, -0.2) is 9.78 Å². The van der Waals surface area contributed by atoms with Crippen LogP contribution < -0.4 is 16.6 Å². The molecule has 144 valence electrons. The van der Waals surface area contributed by atoms with Crippen LogP contribution in [-0.2, 0) is 25.4 Å². The highest BCUT2D eigenvalue weighted by Crippen LogP contribution is 2.25. The number of carbonyl (C=O) groups excluding carboxylic acids is 1. The number of amides is 1. The van der Waals surface area contributed by atoms with Crippen LogP contribution in [0.25, 0.3) is 11.2 Å². The molecule has 0 aliphatic heterocycles. The number of thiophene rings is 1. The lowest BCUT2D eigenvalue weighted by molar-refractivity contribution is -0.118. The van der Waals surface area contributed by atoms with Crippen molar-refractivity contribution < 1.29 is 4.79 Å². The summed E-state index contributed by atoms with van der Waals surface area (Å²) in [7, 11) is 3.04. The lowest BCUT2D eigenvalue weighted by Gasteiger charge is -2.12. The van der Waals surface area contributed by atoms with Gasteiger partial charge in [0.1, 0.15) is 0 Å². The molecule has 0 bridgehead atoms. The van der Waals surface area contributed by atoms with E-state index in [4.69, 9.17) is 0 Å². The van der Waals surface area contributed by atoms with Crippen molar-refractivity contribution in [2.75, 3.05) is 5.75 Å². The number of hydrogen-bond acceptors (Lipinski definition) is 6. The Bertz CT molecular complexity index is 1090. The molecule has 0 aliphatic carbocycles. The minimum atomic E-state index is -0.425. The SMILES string of the molecule is CC(C)n1c(SCC(=O)NCc2cccs2)nc2c1c(=O)n(C)c(=O)n2C. The quantitative estimate of drug-likeness (QED) is 0.625. The van der Waals surface area contributed by atoms with Gasteiger partial charge < -0.3 is 9.88 Å². The zero-order chi connectivity index (χ0) is 19.7. The number of rotatable bonds is 6. The number of hydrogen-bond donors (Lipinski definition) is 1. The lowest BCUT2D eigenvalue weighted by Crippen LogP contribution is -2.37. The summed E-state index contributed by atoms with van der Waals surface area (Å²) in [5, 5.41) is 5.38. The minimum absolute atomic E-state index is 0.0446. The Hall–Kier alpha value is -2.33. The molecule has 0 aliphatic rings. The number of aryl methyl sites for hydroxylation is 1. The first-order valence-corrected chi connectivity index (χ1v) is 10.3. The van der Waals surface area contributed by atoms with Crippen molar-refractivity contribution >= 4 is 40.2 Å². The fourth-order valence-corrected chi connectivity index (χ4v) is 4.35. The number of carbonyl (C=O) groups is 1. The van der Waals surface area contributed by atoms with Crippen LogP contribution in [0.5, 0.6) is 0 Å². The van der Waals surface area contributed by atoms with Gasteiger partial charge >= 0.3 is 5.69 Å². The van der Waals surface area contributed by atoms with Crippen LogP contribution >= 0.6 is 23.1 Å². The Morgan fingerprint density at radius 1 is 1.30 bits per heavy atom. The van der Waals surface area contributed by atoms with E-state index in [9.17, 15) is 14.4 Å². The van der Waals surface area contributed by atoms with Crippen molar-refractivity contribution in [1.29, 1.82) is 0 Å². The third kappa shape index (κ3) is 3.72. The van der Waals surface area contributed by atoms with Gasteiger partial charge in [0.25, 0.3) is 5.56 Å². The molecule has 3 aromatic rings. The molecule has 0 atom stereocenters. The molecule has 0 saturated heterocycles. The minimum Gasteiger partial charge on any atom is -0.350 e. The van der Waals surface area contributed by atoms with Crippen LogP contribution in [0.15, 0.2) is 32.3 Å². The monoisotopic (exact) mass is 407 g/mol. The molecule has 8 nitrogen and oxygen atoms in total. The first-order chi connectivity index (χ1) is 12.8. The number of thioether (sulfide) groups is 1. The van der Waals surface area contributed by atoms with Crippen molar-refractivity contribution in [2.24, 2.45) is 14.1 Å². The smallest absolute Gasteiger partial charge is 0.332 e. The summed E-state index contributed by atoms with van der Waals surface area (Å²) in [5.41, 5.74) is -0.108. The molecule has 0 aromatic carbocycles. The first kappa shape index (κ1) is 19.4. The molecule has 0 saturated carbocycles. The molecule has 3 aromatic heterocycles. The van der Waals surface area contributed by atoms with E-state index in [-0.39, 0.29) is 23.3 Å². The van der Waals surface area contributed by atoms with E-state index in [0.717, 1.165) is 9.44 Å². The first-order valence-electron chi connectivity index (χ1n) is 8.41. The maximum Gasteiger partial charge on any atom is 0.332 e. The molecule has 0 spiro atoms. The van der Waals surface area contributed by atoms with Gasteiger partial charge in [0.2, 0.25) is 5.91 Å². The summed E-state index contributed by atoms with van der Waals surface area (Å²) in [6.07, 6.45) is 0. The van der Waals surface area contributed by atoms with Crippen LogP contribution in [0.4, 0.5) is 0 Å². The van der Waals surface area contributed by atoms with Gasteiger partial charge in [-0.2, -0.15) is 0 Å². The van der Waals surface area contributed by atoms with E-state index in [1.54, 1.807) is 23.0 Å². The molecular weight excluding hydrogens is 386 g/mol. The lowest BCUT2D eigenvalue weighted by atomic mass is 10.4. The molecular formula is C17H21N5O3S2. The molecule has 27 heavy (non-hydrogen) atoms. The fourth-order valence-electron chi connectivity index (χ4n) is 2.76. The van der Waals surface area contributed by atoms with E-state index in [1.165, 1.54) is 23.4 Å². The van der Waals surface area contributed by atoms with Gasteiger partial charge in [0, 0.05) is 25.0 Å². The van der Waals surface area contributed by atoms with Crippen molar-refractivity contribution in [1.82, 2.24) is 24.0 Å². The predicted octanol–water partition coefficient (Wildman–Crippen LogP) is 1.48. The van der Waals surface area contributed by atoms with Gasteiger partial charge in [0.15, 0.2) is 16.3 Å². The van der Waals surface area contributed by atoms with Gasteiger partial charge in [-0.05, 0) is 25.3 Å². The summed E-state index contributed by atoms with van der Waals surface area (Å²) >= 11 is 2.84. The Morgan fingerprint density at radius 3 is 2.67 bits per heavy atom. The summed E-state index contributed by atoms with van der Waals surface area (Å²) in [5.74, 6) is 0.0629. The molecule has 0 unspecified atom stereocenters. The Kier molecular flexibility index (Phi) is 5.56. The summed E-state index contributed by atoms with van der Waals surface area (Å²) < 4.78 is 4.22. The van der Waals surface area contributed by atoms with Crippen molar-refractivity contribution in [3.05, 3.63) is 43.2 Å². The standard InChI is InChI=1S/C17H21N5O3S2/c1-10(2)22-13-14(20(3)17(25)21(4)15(13)24)19-16(22)27-9-12(23)18-8-11-6-5-7-26-11/h5-7,10H,8-9H2,1-4H3,(H,18,23). The zero-order valence-electron chi connectivity index (χ0n) is 15.6. The average Bonchev–Trinajstić information content (AvgIpc) is 3.28. The second kappa shape index (κ2) is 7.73. The normalized spacial score (nSPS) is 11.4. The Labute approximate surface area is 163 Å². The molecule has 1 N–H and O–H groups in total. The fraction of sp³-hybridized carbons (Fsp3) is 0.412. The van der Waals surface area contributed by atoms with Crippen molar-refractivity contribution in [3.63, 3.8) is 0 Å². The van der Waals surface area contributed by atoms with Gasteiger partial charge in [-0.1, -0.05) is 17.8 Å². The van der Waals surface area contributed by atoms with E-state index in [1.807, 2.05) is 31.4 Å². The summed E-state index contributed by atoms with van der Waals surface area (Å²) in [6.45, 7) is 4.37. The third-order valence-electron chi connectivity index (χ3n) is 4.15. The molecule has 3 heterocycles. The number of fused-ring (bicyclic) bond motifs is 1. The van der Waals surface area contributed by atoms with Gasteiger partial charge in [-0.3, -0.25) is 18.7 Å². The number of nitrogens with one attached hydrogen (secondary N) is 1. The Balaban J connectivity index is 1.88. The second-order valence-electron chi connectivity index (χ2n) is 6.38. The van der Waals surface area contributed by atoms with E-state index < -0.39 is 5.69 Å². The molecule has 10 heteroatoms. The maximum absolute atomic E-state index is 12.6. The zero-order valence-corrected chi connectivity index (χ0v) is 17.2. The Morgan fingerprint density at radius 2 is 2.04 bits per heavy atom. The van der Waals surface area contributed by atoms with Gasteiger partial charge in [-0.15, -0.1) is 11.3 Å². The molecule has 3 rings (SSSR count). The highest BCUT2D eigenvalue weighted by molar-refractivity contribution is 7.99. The second-order valence-corrected chi connectivity index (χ2v) is 8.36. The maximum atomic E-state index is 12.6. The molecule has 0 fully saturated rings. The summed E-state index contributed by atoms with van der Waals surface area (Å²) in [4.78, 5) is 42.5. The van der Waals surface area contributed by atoms with Crippen LogP contribution in [0, 0.1) is 0 Å². The number of nitrogens with zero attached hydrogens (tertiary/aromatic N) is 4. The van der Waals surface area contributed by atoms with E-state index >= 15 is 0 Å². The largest absolute Gasteiger partial charge is 0.350 e. The number of imidazole rings is 1. The van der Waals surface area contributed by atoms with E-state index in [2.05, 4.69) is 10.3 Å². The van der Waals surface area contributed by atoms with Crippen molar-refractivity contribution in [3.8, 4) is 0 Å². The molecule has 1 amide bonds. The average molecular weight is 408 g/mol. The van der Waals surface area contributed by atoms with Gasteiger partial charge in [0.05, 0.1) is 12.3 Å². The van der Waals surface area contributed by atoms with Crippen molar-refractivity contribution in [2.45, 2.75) is 31.6 Å². The third-order valence-corrected chi connectivity index (χ3v) is 5.98. The predicted molar refractivity (Wildman–Crippen MR) is 107 cm³/mol. The highest BCUT2D eigenvalue weighted by Gasteiger charge is 2.21. The summed E-state index contributed by atoms with van der Waals surface area (Å²) in [6, 6.07) is 3.86. The molecule has 0 radical (unpaired) electrons. The topological polar surface area (TPSA) is 90.9 Å².